The smallest absolute Gasteiger partial charge is 0.0771 e. The Kier molecular flexibility index (Phi) is 10.2. The van der Waals surface area contributed by atoms with E-state index in [1.807, 2.05) is 0 Å². The van der Waals surface area contributed by atoms with Gasteiger partial charge >= 0.3 is 101 Å². The van der Waals surface area contributed by atoms with E-state index in [1.54, 1.807) is 0 Å². The normalized spacial score (nSPS) is 9.33. The monoisotopic (exact) mass is 505 g/mol. The molecular formula is C27H21Cl2Zr-3. The number of benzene rings is 4. The van der Waals surface area contributed by atoms with Crippen molar-refractivity contribution in [2.24, 2.45) is 0 Å². The predicted molar refractivity (Wildman–Crippen MR) is 120 cm³/mol. The topological polar surface area (TPSA) is 0 Å². The first kappa shape index (κ1) is 24.2. The molecule has 150 valence electrons. The standard InChI is InChI=1S/C13H9.2C7H6.2ClH.Zr/c1-3-7-12-10(5-1)9-11-6-2-4-8-13(11)12;2*1-7-5-3-2-4-6-7;;;/h1-9H;2*1-6H;2*1H;/q-1;;;;;/p-2. The van der Waals surface area contributed by atoms with E-state index in [0.29, 0.717) is 0 Å². The summed E-state index contributed by atoms with van der Waals surface area (Å²) >= 11 is -0.508. The summed E-state index contributed by atoms with van der Waals surface area (Å²) in [5.41, 5.74) is 2.72. The molecule has 0 unspecified atom stereocenters. The van der Waals surface area contributed by atoms with Crippen LogP contribution in [-0.2, 0) is 22.3 Å². The van der Waals surface area contributed by atoms with Gasteiger partial charge < -0.3 is 24.8 Å². The van der Waals surface area contributed by atoms with E-state index in [4.69, 9.17) is 0 Å². The molecule has 0 N–H and O–H groups in total. The van der Waals surface area contributed by atoms with E-state index >= 15 is 0 Å². The third-order valence-electron chi connectivity index (χ3n) is 4.62. The fourth-order valence-corrected chi connectivity index (χ4v) is 5.33. The summed E-state index contributed by atoms with van der Waals surface area (Å²) in [6.45, 7) is 0. The first-order valence-electron chi connectivity index (χ1n) is 9.46. The Balaban J connectivity index is 0.000000201. The number of hydrogen-bond donors (Lipinski definition) is 0. The molecule has 0 saturated heterocycles. The molecule has 5 aromatic rings. The predicted octanol–water partition coefficient (Wildman–Crippen LogP) is 0.490. The van der Waals surface area contributed by atoms with Crippen LogP contribution in [0.25, 0.3) is 21.5 Å². The second-order valence-corrected chi connectivity index (χ2v) is 8.83. The van der Waals surface area contributed by atoms with Crippen molar-refractivity contribution in [2.75, 3.05) is 0 Å². The molecule has 5 aromatic carbocycles. The molecule has 0 radical (unpaired) electrons. The first-order valence-corrected chi connectivity index (χ1v) is 12.3. The minimum Gasteiger partial charge on any atom is -1.00 e. The molecule has 0 aliphatic carbocycles. The van der Waals surface area contributed by atoms with E-state index < -0.39 is 22.3 Å². The summed E-state index contributed by atoms with van der Waals surface area (Å²) in [4.78, 5) is 0. The van der Waals surface area contributed by atoms with Crippen molar-refractivity contribution < 1.29 is 47.1 Å². The third kappa shape index (κ3) is 6.48. The van der Waals surface area contributed by atoms with Gasteiger partial charge in [-0.2, -0.15) is 0 Å². The van der Waals surface area contributed by atoms with Gasteiger partial charge in [0.05, 0.1) is 0 Å². The molecule has 0 atom stereocenters. The van der Waals surface area contributed by atoms with Crippen molar-refractivity contribution in [3.05, 3.63) is 126 Å². The van der Waals surface area contributed by atoms with Crippen LogP contribution in [0.2, 0.25) is 0 Å². The molecule has 0 nitrogen and oxygen atoms in total. The molecule has 0 aliphatic rings. The van der Waals surface area contributed by atoms with E-state index in [2.05, 4.69) is 123 Å². The molecule has 5 rings (SSSR count). The Hall–Kier alpha value is -2.05. The average molecular weight is 508 g/mol. The Morgan fingerprint density at radius 3 is 1.27 bits per heavy atom. The summed E-state index contributed by atoms with van der Waals surface area (Å²) < 4.78 is 4.80. The molecule has 30 heavy (non-hydrogen) atoms. The molecule has 0 saturated carbocycles. The van der Waals surface area contributed by atoms with Gasteiger partial charge in [-0.15, -0.1) is 39.7 Å². The van der Waals surface area contributed by atoms with Crippen molar-refractivity contribution in [1.29, 1.82) is 0 Å². The second kappa shape index (κ2) is 12.6. The van der Waals surface area contributed by atoms with Crippen molar-refractivity contribution in [1.82, 2.24) is 0 Å². The maximum Gasteiger partial charge on any atom is -0.0771 e. The summed E-state index contributed by atoms with van der Waals surface area (Å²) in [6, 6.07) is 40.4. The first-order chi connectivity index (χ1) is 13.9. The SMILES string of the molecule is [CH](=[Zr]=[CH]c1ccccc1)c1ccccc1.[Cl-].[Cl-].c1ccc2c(c1)[cH-]c1ccccc12. The number of fused-ring (bicyclic) bond motifs is 3. The van der Waals surface area contributed by atoms with Crippen LogP contribution in [0.15, 0.2) is 115 Å². The molecule has 0 heterocycles. The van der Waals surface area contributed by atoms with Gasteiger partial charge in [-0.1, -0.05) is 36.4 Å². The summed E-state index contributed by atoms with van der Waals surface area (Å²) in [5.74, 6) is 0. The van der Waals surface area contributed by atoms with Crippen LogP contribution in [0.3, 0.4) is 0 Å². The van der Waals surface area contributed by atoms with Gasteiger partial charge in [-0.05, 0) is 0 Å². The third-order valence-corrected chi connectivity index (χ3v) is 7.08. The van der Waals surface area contributed by atoms with Crippen molar-refractivity contribution in [2.45, 2.75) is 0 Å². The minimum atomic E-state index is -0.508. The van der Waals surface area contributed by atoms with Crippen molar-refractivity contribution in [3.8, 4) is 0 Å². The molecule has 3 heteroatoms. The van der Waals surface area contributed by atoms with Crippen LogP contribution in [0.1, 0.15) is 11.1 Å². The Morgan fingerprint density at radius 1 is 0.467 bits per heavy atom. The molecule has 0 aromatic heterocycles. The number of halogens is 2. The van der Waals surface area contributed by atoms with Crippen LogP contribution in [0.4, 0.5) is 0 Å². The van der Waals surface area contributed by atoms with Crippen LogP contribution in [-0.4, -0.2) is 7.42 Å². The van der Waals surface area contributed by atoms with E-state index in [9.17, 15) is 0 Å². The molecule has 0 spiro atoms. The summed E-state index contributed by atoms with van der Waals surface area (Å²) in [7, 11) is 0. The minimum absolute atomic E-state index is 0. The second-order valence-electron chi connectivity index (χ2n) is 6.60. The average Bonchev–Trinajstić information content (AvgIpc) is 3.15. The zero-order chi connectivity index (χ0) is 19.0. The maximum atomic E-state index is 2.40. The van der Waals surface area contributed by atoms with Crippen LogP contribution < -0.4 is 24.8 Å². The molecule has 0 aliphatic heterocycles. The zero-order valence-corrected chi connectivity index (χ0v) is 20.4. The van der Waals surface area contributed by atoms with Gasteiger partial charge in [0.15, 0.2) is 0 Å². The Morgan fingerprint density at radius 2 is 0.833 bits per heavy atom. The zero-order valence-electron chi connectivity index (χ0n) is 16.4. The molecule has 0 amide bonds. The van der Waals surface area contributed by atoms with Crippen molar-refractivity contribution >= 4 is 29.0 Å². The number of rotatable bonds is 2. The fourth-order valence-electron chi connectivity index (χ4n) is 3.24. The molecule has 0 fully saturated rings. The van der Waals surface area contributed by atoms with E-state index in [1.165, 1.54) is 32.7 Å². The Bertz CT molecular complexity index is 1140. The van der Waals surface area contributed by atoms with E-state index in [-0.39, 0.29) is 24.8 Å². The molecular weight excluding hydrogens is 486 g/mol. The summed E-state index contributed by atoms with van der Waals surface area (Å²) in [5, 5.41) is 5.39. The number of hydrogen-bond acceptors (Lipinski definition) is 0. The molecule has 0 bridgehead atoms. The van der Waals surface area contributed by atoms with Crippen LogP contribution >= 0.6 is 0 Å². The maximum absolute atomic E-state index is 2.40. The van der Waals surface area contributed by atoms with E-state index in [0.717, 1.165) is 0 Å². The van der Waals surface area contributed by atoms with Crippen molar-refractivity contribution in [3.63, 3.8) is 0 Å². The van der Waals surface area contributed by atoms with Gasteiger partial charge in [0.2, 0.25) is 0 Å². The van der Waals surface area contributed by atoms with Crippen LogP contribution in [0, 0.1) is 0 Å². The quantitative estimate of drug-likeness (QED) is 0.305. The van der Waals surface area contributed by atoms with Gasteiger partial charge in [0.25, 0.3) is 0 Å². The Labute approximate surface area is 201 Å². The van der Waals surface area contributed by atoms with Crippen LogP contribution in [0.5, 0.6) is 0 Å². The largest absolute Gasteiger partial charge is 1.00 e. The van der Waals surface area contributed by atoms with Gasteiger partial charge in [-0.25, -0.2) is 0 Å². The van der Waals surface area contributed by atoms with Gasteiger partial charge in [0.1, 0.15) is 0 Å². The van der Waals surface area contributed by atoms with Gasteiger partial charge in [0, 0.05) is 0 Å². The fraction of sp³-hybridized carbons (Fsp3) is 0. The summed E-state index contributed by atoms with van der Waals surface area (Å²) in [6.07, 6.45) is 0. The van der Waals surface area contributed by atoms with Gasteiger partial charge in [-0.3, -0.25) is 0 Å².